The molecule has 3 heterocycles. The molecule has 21 heavy (non-hydrogen) atoms. The number of hydrogen-bond acceptors (Lipinski definition) is 4. The molecule has 2 unspecified atom stereocenters. The normalized spacial score (nSPS) is 28.0. The zero-order valence-corrected chi connectivity index (χ0v) is 12.5. The highest BCUT2D eigenvalue weighted by molar-refractivity contribution is 5.03. The van der Waals surface area contributed by atoms with Gasteiger partial charge in [0.1, 0.15) is 6.17 Å². The van der Waals surface area contributed by atoms with Crippen LogP contribution in [0.3, 0.4) is 0 Å². The van der Waals surface area contributed by atoms with Crippen molar-refractivity contribution in [3.63, 3.8) is 0 Å². The van der Waals surface area contributed by atoms with Crippen molar-refractivity contribution in [1.29, 1.82) is 0 Å². The minimum atomic E-state index is -0.656. The van der Waals surface area contributed by atoms with Gasteiger partial charge < -0.3 is 10.6 Å². The van der Waals surface area contributed by atoms with E-state index in [1.54, 1.807) is 0 Å². The first-order chi connectivity index (χ1) is 10.3. The monoisotopic (exact) mass is 292 g/mol. The van der Waals surface area contributed by atoms with Crippen LogP contribution in [0.15, 0.2) is 24.4 Å². The van der Waals surface area contributed by atoms with Crippen LogP contribution >= 0.6 is 0 Å². The average Bonchev–Trinajstić information content (AvgIpc) is 2.93. The Morgan fingerprint density at radius 3 is 2.86 bits per heavy atom. The summed E-state index contributed by atoms with van der Waals surface area (Å²) in [4.78, 5) is 6.85. The van der Waals surface area contributed by atoms with Crippen molar-refractivity contribution in [2.75, 3.05) is 26.2 Å². The topological polar surface area (TPSA) is 40.2 Å². The minimum Gasteiger partial charge on any atom is -0.312 e. The highest BCUT2D eigenvalue weighted by Crippen LogP contribution is 2.14. The number of aromatic nitrogens is 1. The van der Waals surface area contributed by atoms with E-state index >= 15 is 0 Å². The average molecular weight is 292 g/mol. The lowest BCUT2D eigenvalue weighted by Crippen LogP contribution is -2.45. The maximum atomic E-state index is 13.1. The molecule has 5 heteroatoms. The Morgan fingerprint density at radius 1 is 1.33 bits per heavy atom. The molecule has 2 atom stereocenters. The lowest BCUT2D eigenvalue weighted by molar-refractivity contribution is 0.187. The molecular weight excluding hydrogens is 267 g/mol. The van der Waals surface area contributed by atoms with Gasteiger partial charge >= 0.3 is 0 Å². The molecule has 0 bridgehead atoms. The second-order valence-electron chi connectivity index (χ2n) is 6.22. The van der Waals surface area contributed by atoms with Crippen LogP contribution in [0.25, 0.3) is 0 Å². The van der Waals surface area contributed by atoms with Gasteiger partial charge in [0.05, 0.1) is 5.69 Å². The summed E-state index contributed by atoms with van der Waals surface area (Å²) in [5.41, 5.74) is 1.15. The third kappa shape index (κ3) is 4.46. The summed E-state index contributed by atoms with van der Waals surface area (Å²) in [6.45, 7) is 4.58. The standard InChI is InChI=1S/C16H25FN4/c17-13-9-16(19-10-13)11-20-14-4-7-21(8-5-14)12-15-3-1-2-6-18-15/h1-3,6,13-14,16,19-20H,4-5,7-12H2. The van der Waals surface area contributed by atoms with Crippen LogP contribution in [0.2, 0.25) is 0 Å². The van der Waals surface area contributed by atoms with E-state index in [1.165, 1.54) is 12.8 Å². The third-order valence-corrected chi connectivity index (χ3v) is 4.52. The fraction of sp³-hybridized carbons (Fsp3) is 0.688. The Balaban J connectivity index is 1.35. The summed E-state index contributed by atoms with van der Waals surface area (Å²) in [6.07, 6.45) is 4.19. The molecule has 116 valence electrons. The Morgan fingerprint density at radius 2 is 2.19 bits per heavy atom. The van der Waals surface area contributed by atoms with Gasteiger partial charge in [-0.25, -0.2) is 4.39 Å². The molecule has 2 aliphatic heterocycles. The first kappa shape index (κ1) is 14.9. The number of rotatable bonds is 5. The number of hydrogen-bond donors (Lipinski definition) is 2. The molecule has 2 aliphatic rings. The summed E-state index contributed by atoms with van der Waals surface area (Å²) in [5, 5.41) is 6.83. The number of alkyl halides is 1. The Labute approximate surface area is 126 Å². The van der Waals surface area contributed by atoms with E-state index in [0.717, 1.165) is 31.9 Å². The van der Waals surface area contributed by atoms with Crippen LogP contribution in [0.4, 0.5) is 4.39 Å². The molecule has 0 aliphatic carbocycles. The fourth-order valence-corrected chi connectivity index (χ4v) is 3.25. The number of nitrogens with zero attached hydrogens (tertiary/aromatic N) is 2. The molecule has 0 amide bonds. The molecule has 1 aromatic heterocycles. The second-order valence-corrected chi connectivity index (χ2v) is 6.22. The molecule has 2 fully saturated rings. The van der Waals surface area contributed by atoms with Crippen LogP contribution in [0.1, 0.15) is 25.0 Å². The van der Waals surface area contributed by atoms with Crippen molar-refractivity contribution in [3.8, 4) is 0 Å². The SMILES string of the molecule is FC1CNC(CNC2CCN(Cc3ccccn3)CC2)C1. The molecule has 0 spiro atoms. The molecular formula is C16H25FN4. The third-order valence-electron chi connectivity index (χ3n) is 4.52. The number of piperidine rings is 1. The summed E-state index contributed by atoms with van der Waals surface area (Å²) >= 11 is 0. The zero-order valence-electron chi connectivity index (χ0n) is 12.5. The second kappa shape index (κ2) is 7.29. The number of pyridine rings is 1. The highest BCUT2D eigenvalue weighted by atomic mass is 19.1. The Hall–Kier alpha value is -1.04. The molecule has 4 nitrogen and oxygen atoms in total. The predicted octanol–water partition coefficient (Wildman–Crippen LogP) is 1.34. The zero-order chi connectivity index (χ0) is 14.5. The smallest absolute Gasteiger partial charge is 0.114 e. The largest absolute Gasteiger partial charge is 0.312 e. The maximum absolute atomic E-state index is 13.1. The van der Waals surface area contributed by atoms with Crippen molar-refractivity contribution in [2.24, 2.45) is 0 Å². The van der Waals surface area contributed by atoms with Crippen molar-refractivity contribution < 1.29 is 4.39 Å². The van der Waals surface area contributed by atoms with Gasteiger partial charge in [0, 0.05) is 51.0 Å². The summed E-state index contributed by atoms with van der Waals surface area (Å²) in [6, 6.07) is 6.97. The molecule has 2 N–H and O–H groups in total. The molecule has 0 radical (unpaired) electrons. The number of halogens is 1. The summed E-state index contributed by atoms with van der Waals surface area (Å²) in [7, 11) is 0. The predicted molar refractivity (Wildman–Crippen MR) is 81.8 cm³/mol. The highest BCUT2D eigenvalue weighted by Gasteiger charge is 2.25. The minimum absolute atomic E-state index is 0.312. The van der Waals surface area contributed by atoms with E-state index in [4.69, 9.17) is 0 Å². The van der Waals surface area contributed by atoms with Gasteiger partial charge in [-0.2, -0.15) is 0 Å². The van der Waals surface area contributed by atoms with Gasteiger partial charge in [-0.1, -0.05) is 6.07 Å². The van der Waals surface area contributed by atoms with Crippen LogP contribution in [0, 0.1) is 0 Å². The van der Waals surface area contributed by atoms with E-state index in [0.29, 0.717) is 25.0 Å². The van der Waals surface area contributed by atoms with E-state index < -0.39 is 6.17 Å². The van der Waals surface area contributed by atoms with Crippen molar-refractivity contribution in [1.82, 2.24) is 20.5 Å². The van der Waals surface area contributed by atoms with Gasteiger partial charge in [-0.3, -0.25) is 9.88 Å². The molecule has 1 aromatic rings. The summed E-state index contributed by atoms with van der Waals surface area (Å²) < 4.78 is 13.1. The molecule has 0 saturated carbocycles. The van der Waals surface area contributed by atoms with E-state index in [1.807, 2.05) is 18.3 Å². The Bertz CT molecular complexity index is 420. The van der Waals surface area contributed by atoms with Crippen LogP contribution in [-0.2, 0) is 6.54 Å². The molecule has 3 rings (SSSR count). The number of nitrogens with one attached hydrogen (secondary N) is 2. The fourth-order valence-electron chi connectivity index (χ4n) is 3.25. The Kier molecular flexibility index (Phi) is 5.17. The van der Waals surface area contributed by atoms with Crippen molar-refractivity contribution in [2.45, 2.75) is 44.1 Å². The van der Waals surface area contributed by atoms with Gasteiger partial charge in [-0.15, -0.1) is 0 Å². The lowest BCUT2D eigenvalue weighted by Gasteiger charge is -2.32. The van der Waals surface area contributed by atoms with Gasteiger partial charge in [-0.05, 0) is 31.4 Å². The lowest BCUT2D eigenvalue weighted by atomic mass is 10.0. The van der Waals surface area contributed by atoms with Gasteiger partial charge in [0.15, 0.2) is 0 Å². The van der Waals surface area contributed by atoms with E-state index in [2.05, 4.69) is 26.6 Å². The first-order valence-corrected chi connectivity index (χ1v) is 8.02. The van der Waals surface area contributed by atoms with Gasteiger partial charge in [0.2, 0.25) is 0 Å². The first-order valence-electron chi connectivity index (χ1n) is 8.02. The van der Waals surface area contributed by atoms with Crippen LogP contribution in [0.5, 0.6) is 0 Å². The van der Waals surface area contributed by atoms with Crippen molar-refractivity contribution >= 4 is 0 Å². The van der Waals surface area contributed by atoms with Crippen LogP contribution < -0.4 is 10.6 Å². The molecule has 2 saturated heterocycles. The van der Waals surface area contributed by atoms with Gasteiger partial charge in [0.25, 0.3) is 0 Å². The molecule has 0 aromatic carbocycles. The maximum Gasteiger partial charge on any atom is 0.114 e. The van der Waals surface area contributed by atoms with Crippen LogP contribution in [-0.4, -0.2) is 54.3 Å². The quantitative estimate of drug-likeness (QED) is 0.859. The summed E-state index contributed by atoms with van der Waals surface area (Å²) in [5.74, 6) is 0. The number of likely N-dealkylation sites (tertiary alicyclic amines) is 1. The van der Waals surface area contributed by atoms with E-state index in [-0.39, 0.29) is 0 Å². The van der Waals surface area contributed by atoms with Crippen molar-refractivity contribution in [3.05, 3.63) is 30.1 Å². The van der Waals surface area contributed by atoms with E-state index in [9.17, 15) is 4.39 Å².